The molecule has 2 N–H and O–H groups in total. The molecule has 29 heavy (non-hydrogen) atoms. The van der Waals surface area contributed by atoms with E-state index in [-0.39, 0.29) is 16.0 Å². The molecular formula is C21H23ClN2O3S2. The van der Waals surface area contributed by atoms with Crippen molar-refractivity contribution in [2.45, 2.75) is 43.7 Å². The van der Waals surface area contributed by atoms with E-state index in [9.17, 15) is 13.2 Å². The Morgan fingerprint density at radius 2 is 1.59 bits per heavy atom. The number of urea groups is 1. The number of hydrogen-bond donors (Lipinski definition) is 2. The van der Waals surface area contributed by atoms with Crippen molar-refractivity contribution < 1.29 is 13.2 Å². The number of thiophene rings is 1. The van der Waals surface area contributed by atoms with Gasteiger partial charge in [0, 0.05) is 15.4 Å². The van der Waals surface area contributed by atoms with Gasteiger partial charge in [-0.15, -0.1) is 11.3 Å². The number of carbonyl (C=O) groups is 1. The monoisotopic (exact) mass is 450 g/mol. The highest BCUT2D eigenvalue weighted by Gasteiger charge is 2.23. The van der Waals surface area contributed by atoms with Crippen LogP contribution in [0.3, 0.4) is 0 Å². The predicted molar refractivity (Wildman–Crippen MR) is 121 cm³/mol. The molecule has 0 fully saturated rings. The van der Waals surface area contributed by atoms with Gasteiger partial charge < -0.3 is 5.32 Å². The van der Waals surface area contributed by atoms with Gasteiger partial charge in [-0.3, -0.25) is 0 Å². The fraction of sp³-hybridized carbons (Fsp3) is 0.286. The Hall–Kier alpha value is -2.09. The van der Waals surface area contributed by atoms with Crippen LogP contribution in [0.1, 0.15) is 50.7 Å². The Morgan fingerprint density at radius 1 is 1.00 bits per heavy atom. The highest BCUT2D eigenvalue weighted by molar-refractivity contribution is 7.92. The van der Waals surface area contributed by atoms with Crippen LogP contribution in [0.15, 0.2) is 46.7 Å². The molecule has 0 unspecified atom stereocenters. The van der Waals surface area contributed by atoms with Crippen LogP contribution >= 0.6 is 22.9 Å². The minimum atomic E-state index is -3.99. The lowest BCUT2D eigenvalue weighted by Gasteiger charge is -2.21. The summed E-state index contributed by atoms with van der Waals surface area (Å²) in [6.45, 7) is 7.97. The zero-order valence-corrected chi connectivity index (χ0v) is 19.0. The van der Waals surface area contributed by atoms with Crippen molar-refractivity contribution in [1.29, 1.82) is 0 Å². The molecule has 5 nitrogen and oxygen atoms in total. The number of carbonyl (C=O) groups excluding carboxylic acids is 1. The molecule has 1 heterocycles. The number of nitrogens with one attached hydrogen (secondary N) is 2. The maximum atomic E-state index is 12.7. The van der Waals surface area contributed by atoms with Gasteiger partial charge in [-0.1, -0.05) is 57.5 Å². The third kappa shape index (κ3) is 4.74. The predicted octanol–water partition coefficient (Wildman–Crippen LogP) is 6.31. The summed E-state index contributed by atoms with van der Waals surface area (Å²) in [5.74, 6) is 0.196. The molecule has 3 aromatic rings. The highest BCUT2D eigenvalue weighted by atomic mass is 35.5. The summed E-state index contributed by atoms with van der Waals surface area (Å²) in [5, 5.41) is 4.15. The summed E-state index contributed by atoms with van der Waals surface area (Å²) in [4.78, 5) is 12.6. The van der Waals surface area contributed by atoms with Crippen LogP contribution in [0.2, 0.25) is 5.02 Å². The molecule has 0 bridgehead atoms. The van der Waals surface area contributed by atoms with E-state index in [0.717, 1.165) is 32.5 Å². The van der Waals surface area contributed by atoms with Crippen LogP contribution in [0.25, 0.3) is 10.1 Å². The second kappa shape index (κ2) is 8.34. The van der Waals surface area contributed by atoms with Crippen LogP contribution in [0.5, 0.6) is 0 Å². The zero-order chi connectivity index (χ0) is 21.3. The van der Waals surface area contributed by atoms with Crippen LogP contribution in [-0.2, 0) is 10.0 Å². The van der Waals surface area contributed by atoms with Gasteiger partial charge in [0.15, 0.2) is 0 Å². The van der Waals surface area contributed by atoms with Gasteiger partial charge in [-0.05, 0) is 52.6 Å². The molecule has 0 aliphatic carbocycles. The Bertz CT molecular complexity index is 1110. The van der Waals surface area contributed by atoms with Gasteiger partial charge in [0.25, 0.3) is 10.0 Å². The fourth-order valence-electron chi connectivity index (χ4n) is 3.11. The molecule has 0 aliphatic rings. The molecule has 0 atom stereocenters. The number of fused-ring (bicyclic) bond motifs is 1. The maximum absolute atomic E-state index is 12.7. The minimum Gasteiger partial charge on any atom is -0.307 e. The van der Waals surface area contributed by atoms with Crippen LogP contribution in [-0.4, -0.2) is 14.4 Å². The lowest BCUT2D eigenvalue weighted by molar-refractivity contribution is 0.256. The second-order valence-electron chi connectivity index (χ2n) is 7.43. The molecule has 2 amide bonds. The molecule has 0 spiro atoms. The fourth-order valence-corrected chi connectivity index (χ4v) is 5.65. The van der Waals surface area contributed by atoms with E-state index in [0.29, 0.717) is 10.7 Å². The quantitative estimate of drug-likeness (QED) is 0.478. The largest absolute Gasteiger partial charge is 0.333 e. The van der Waals surface area contributed by atoms with Gasteiger partial charge >= 0.3 is 6.03 Å². The van der Waals surface area contributed by atoms with Crippen LogP contribution in [0.4, 0.5) is 10.5 Å². The zero-order valence-electron chi connectivity index (χ0n) is 16.6. The van der Waals surface area contributed by atoms with Crippen LogP contribution < -0.4 is 10.0 Å². The number of hydrogen-bond acceptors (Lipinski definition) is 4. The number of rotatable bonds is 5. The third-order valence-corrected chi connectivity index (χ3v) is 7.68. The van der Waals surface area contributed by atoms with E-state index >= 15 is 0 Å². The van der Waals surface area contributed by atoms with Crippen molar-refractivity contribution in [2.24, 2.45) is 0 Å². The average Bonchev–Trinajstić information content (AvgIpc) is 3.07. The first kappa shape index (κ1) is 21.6. The maximum Gasteiger partial charge on any atom is 0.333 e. The minimum absolute atomic E-state index is 0.0955. The van der Waals surface area contributed by atoms with Crippen molar-refractivity contribution in [3.8, 4) is 0 Å². The van der Waals surface area contributed by atoms with Gasteiger partial charge in [-0.2, -0.15) is 0 Å². The first-order valence-corrected chi connectivity index (χ1v) is 11.9. The van der Waals surface area contributed by atoms with Gasteiger partial charge in [-0.25, -0.2) is 17.9 Å². The summed E-state index contributed by atoms with van der Waals surface area (Å²) in [5.41, 5.74) is 2.31. The van der Waals surface area contributed by atoms with Gasteiger partial charge in [0.2, 0.25) is 0 Å². The summed E-state index contributed by atoms with van der Waals surface area (Å²) < 4.78 is 28.5. The summed E-state index contributed by atoms with van der Waals surface area (Å²) in [7, 11) is -3.99. The van der Waals surface area contributed by atoms with Crippen molar-refractivity contribution in [3.05, 3.63) is 58.6 Å². The van der Waals surface area contributed by atoms with E-state index < -0.39 is 16.1 Å². The van der Waals surface area contributed by atoms with Gasteiger partial charge in [0.1, 0.15) is 4.21 Å². The molecule has 0 saturated carbocycles. The normalized spacial score (nSPS) is 12.0. The van der Waals surface area contributed by atoms with E-state index in [4.69, 9.17) is 11.6 Å². The molecule has 0 saturated heterocycles. The molecule has 0 radical (unpaired) electrons. The van der Waals surface area contributed by atoms with Crippen molar-refractivity contribution in [3.63, 3.8) is 0 Å². The van der Waals surface area contributed by atoms with Crippen molar-refractivity contribution >= 4 is 54.8 Å². The number of halogens is 1. The highest BCUT2D eigenvalue weighted by Crippen LogP contribution is 2.35. The smallest absolute Gasteiger partial charge is 0.307 e. The Balaban J connectivity index is 1.90. The molecule has 1 aromatic heterocycles. The summed E-state index contributed by atoms with van der Waals surface area (Å²) in [6, 6.07) is 11.7. The van der Waals surface area contributed by atoms with Crippen molar-refractivity contribution in [1.82, 2.24) is 4.72 Å². The Kier molecular flexibility index (Phi) is 6.22. The summed E-state index contributed by atoms with van der Waals surface area (Å²) >= 11 is 7.37. The first-order valence-electron chi connectivity index (χ1n) is 9.24. The van der Waals surface area contributed by atoms with E-state index in [1.807, 2.05) is 52.0 Å². The molecule has 0 aliphatic heterocycles. The molecule has 3 rings (SSSR count). The van der Waals surface area contributed by atoms with E-state index in [2.05, 4.69) is 10.0 Å². The van der Waals surface area contributed by atoms with Crippen LogP contribution in [0, 0.1) is 0 Å². The lowest BCUT2D eigenvalue weighted by Crippen LogP contribution is -2.34. The van der Waals surface area contributed by atoms with Gasteiger partial charge in [0.05, 0.1) is 0 Å². The Labute approximate surface area is 180 Å². The molecule has 8 heteroatoms. The summed E-state index contributed by atoms with van der Waals surface area (Å²) in [6.07, 6.45) is 0. The van der Waals surface area contributed by atoms with Crippen molar-refractivity contribution in [2.75, 3.05) is 5.32 Å². The standard InChI is InChI=1S/C21H23ClN2O3S2/c1-12(2)16-10-15(22)11-17(13(3)4)20(16)23-21(25)24-29(26,27)19-9-14-7-5-6-8-18(14)28-19/h5-13H,1-4H3,(H2,23,24,25). The average molecular weight is 451 g/mol. The number of sulfonamides is 1. The topological polar surface area (TPSA) is 75.3 Å². The SMILES string of the molecule is CC(C)c1cc(Cl)cc(C(C)C)c1NC(=O)NS(=O)(=O)c1cc2ccccc2s1. The first-order chi connectivity index (χ1) is 13.6. The Morgan fingerprint density at radius 3 is 2.14 bits per heavy atom. The van der Waals surface area contributed by atoms with E-state index in [1.54, 1.807) is 18.2 Å². The molecule has 2 aromatic carbocycles. The molecule has 154 valence electrons. The van der Waals surface area contributed by atoms with E-state index in [1.165, 1.54) is 0 Å². The number of anilines is 1. The number of benzene rings is 2. The second-order valence-corrected chi connectivity index (χ2v) is 10.9. The third-order valence-electron chi connectivity index (χ3n) is 4.54. The molecular weight excluding hydrogens is 428 g/mol. The lowest BCUT2D eigenvalue weighted by atomic mass is 9.92. The number of amides is 2.